The number of methoxy groups -OCH3 is 1. The van der Waals surface area contributed by atoms with Gasteiger partial charge in [-0.15, -0.1) is 5.10 Å². The molecular formula is C29H24N6O4. The molecule has 10 nitrogen and oxygen atoms in total. The van der Waals surface area contributed by atoms with Gasteiger partial charge < -0.3 is 19.6 Å². The minimum Gasteiger partial charge on any atom is -0.497 e. The molecule has 0 bridgehead atoms. The summed E-state index contributed by atoms with van der Waals surface area (Å²) < 4.78 is 19.2. The Bertz CT molecular complexity index is 1670. The van der Waals surface area contributed by atoms with Crippen molar-refractivity contribution in [3.63, 3.8) is 0 Å². The van der Waals surface area contributed by atoms with Gasteiger partial charge in [-0.2, -0.15) is 5.10 Å². The quantitative estimate of drug-likeness (QED) is 0.330. The van der Waals surface area contributed by atoms with E-state index in [2.05, 4.69) is 15.5 Å². The Morgan fingerprint density at radius 3 is 2.36 bits per heavy atom. The highest BCUT2D eigenvalue weighted by Gasteiger charge is 2.39. The van der Waals surface area contributed by atoms with Crippen LogP contribution in [0.2, 0.25) is 0 Å². The molecule has 3 aromatic carbocycles. The maximum Gasteiger partial charge on any atom is 0.322 e. The Balaban J connectivity index is 1.44. The predicted octanol–water partition coefficient (Wildman–Crippen LogP) is 4.68. The minimum atomic E-state index is -0.449. The molecule has 39 heavy (non-hydrogen) atoms. The van der Waals surface area contributed by atoms with E-state index >= 15 is 0 Å². The first kappa shape index (κ1) is 24.0. The molecule has 0 saturated carbocycles. The molecule has 10 heteroatoms. The van der Waals surface area contributed by atoms with Crippen LogP contribution in [0.5, 0.6) is 11.6 Å². The van der Waals surface area contributed by atoms with E-state index in [1.165, 1.54) is 0 Å². The number of carbonyl (C=O) groups is 1. The summed E-state index contributed by atoms with van der Waals surface area (Å²) in [7, 11) is 1.61. The van der Waals surface area contributed by atoms with Gasteiger partial charge in [-0.3, -0.25) is 10.1 Å². The van der Waals surface area contributed by atoms with Gasteiger partial charge in [-0.05, 0) is 48.9 Å². The third kappa shape index (κ3) is 4.37. The van der Waals surface area contributed by atoms with Crippen molar-refractivity contribution in [2.75, 3.05) is 12.4 Å². The fraction of sp³-hybridized carbons (Fsp3) is 0.103. The molecular weight excluding hydrogens is 496 g/mol. The van der Waals surface area contributed by atoms with Gasteiger partial charge in [0.15, 0.2) is 0 Å². The average Bonchev–Trinajstić information content (AvgIpc) is 3.57. The number of carbonyl (C=O) groups excluding carboxylic acids is 1. The van der Waals surface area contributed by atoms with Crippen molar-refractivity contribution in [2.24, 2.45) is 5.73 Å². The molecule has 1 aliphatic heterocycles. The third-order valence-electron chi connectivity index (χ3n) is 6.47. The molecule has 3 N–H and O–H groups in total. The molecule has 0 fully saturated rings. The molecule has 194 valence electrons. The lowest BCUT2D eigenvalue weighted by molar-refractivity contribution is 0.102. The topological polar surface area (TPSA) is 130 Å². The normalized spacial score (nSPS) is 14.5. The average molecular weight is 521 g/mol. The lowest BCUT2D eigenvalue weighted by Crippen LogP contribution is -2.22. The highest BCUT2D eigenvalue weighted by Crippen LogP contribution is 2.48. The Labute approximate surface area is 223 Å². The van der Waals surface area contributed by atoms with Gasteiger partial charge in [-0.1, -0.05) is 53.6 Å². The number of aromatic nitrogens is 4. The fourth-order valence-electron chi connectivity index (χ4n) is 4.64. The van der Waals surface area contributed by atoms with Gasteiger partial charge in [0.25, 0.3) is 11.8 Å². The summed E-state index contributed by atoms with van der Waals surface area (Å²) in [6, 6.07) is 26.0. The van der Waals surface area contributed by atoms with Crippen LogP contribution in [-0.4, -0.2) is 33.0 Å². The van der Waals surface area contributed by atoms with Gasteiger partial charge in [0.1, 0.15) is 5.75 Å². The number of amides is 1. The van der Waals surface area contributed by atoms with Crippen molar-refractivity contribution in [1.82, 2.24) is 20.0 Å². The van der Waals surface area contributed by atoms with Gasteiger partial charge >= 0.3 is 6.01 Å². The number of anilines is 1. The smallest absolute Gasteiger partial charge is 0.322 e. The Morgan fingerprint density at radius 2 is 1.67 bits per heavy atom. The summed E-state index contributed by atoms with van der Waals surface area (Å²) in [5, 5.41) is 15.7. The van der Waals surface area contributed by atoms with Crippen LogP contribution in [0.4, 0.5) is 6.01 Å². The number of allylic oxidation sites excluding steroid dienone is 1. The van der Waals surface area contributed by atoms with E-state index in [-0.39, 0.29) is 23.7 Å². The van der Waals surface area contributed by atoms with Gasteiger partial charge in [0.2, 0.25) is 11.8 Å². The third-order valence-corrected chi connectivity index (χ3v) is 6.47. The van der Waals surface area contributed by atoms with E-state index in [0.29, 0.717) is 22.8 Å². The fourth-order valence-corrected chi connectivity index (χ4v) is 4.64. The van der Waals surface area contributed by atoms with Crippen molar-refractivity contribution >= 4 is 17.5 Å². The molecule has 5 aromatic rings. The Hall–Kier alpha value is -5.38. The minimum absolute atomic E-state index is 0.0601. The zero-order valence-electron chi connectivity index (χ0n) is 21.2. The number of fused-ring (bicyclic) bond motifs is 1. The number of hydrogen-bond donors (Lipinski definition) is 2. The van der Waals surface area contributed by atoms with Gasteiger partial charge in [-0.25, -0.2) is 4.68 Å². The second-order valence-corrected chi connectivity index (χ2v) is 8.87. The largest absolute Gasteiger partial charge is 0.497 e. The number of nitrogens with two attached hydrogens (primary N) is 1. The molecule has 1 aliphatic rings. The first-order valence-electron chi connectivity index (χ1n) is 12.2. The lowest BCUT2D eigenvalue weighted by atomic mass is 9.83. The number of aryl methyl sites for hydroxylation is 1. The number of ether oxygens (including phenoxy) is 2. The standard InChI is InChI=1S/C29H24N6O4/c1-17-22-23(18-13-15-21(37-2)16-14-18)24(25(30)38-28(22)35(34-17)20-11-7-4-8-12-20)27-32-33-29(39-27)31-26(36)19-9-5-3-6-10-19/h3-16,23H,30H2,1-2H3,(H,31,33,36). The molecule has 0 aliphatic carbocycles. The number of nitrogens with one attached hydrogen (secondary N) is 1. The van der Waals surface area contributed by atoms with Crippen molar-refractivity contribution in [3.8, 4) is 17.3 Å². The second kappa shape index (κ2) is 9.82. The SMILES string of the molecule is COc1ccc(C2C(c3nnc(NC(=O)c4ccccc4)o3)=C(N)Oc3c2c(C)nn3-c2ccccc2)cc1. The Kier molecular flexibility index (Phi) is 6.04. The summed E-state index contributed by atoms with van der Waals surface area (Å²) >= 11 is 0. The maximum atomic E-state index is 12.6. The van der Waals surface area contributed by atoms with Crippen LogP contribution < -0.4 is 20.5 Å². The van der Waals surface area contributed by atoms with Crippen LogP contribution in [0, 0.1) is 6.92 Å². The first-order valence-corrected chi connectivity index (χ1v) is 12.2. The summed E-state index contributed by atoms with van der Waals surface area (Å²) in [6.45, 7) is 1.91. The number of nitrogens with zero attached hydrogens (tertiary/aromatic N) is 4. The van der Waals surface area contributed by atoms with E-state index in [4.69, 9.17) is 24.7 Å². The number of hydrogen-bond acceptors (Lipinski definition) is 8. The monoisotopic (exact) mass is 520 g/mol. The molecule has 1 atom stereocenters. The Morgan fingerprint density at radius 1 is 0.974 bits per heavy atom. The summed E-state index contributed by atoms with van der Waals surface area (Å²) in [4.78, 5) is 12.6. The zero-order valence-corrected chi connectivity index (χ0v) is 21.2. The highest BCUT2D eigenvalue weighted by atomic mass is 16.5. The van der Waals surface area contributed by atoms with Crippen molar-refractivity contribution in [2.45, 2.75) is 12.8 Å². The molecule has 0 saturated heterocycles. The van der Waals surface area contributed by atoms with Crippen LogP contribution in [0.1, 0.15) is 39.0 Å². The van der Waals surface area contributed by atoms with E-state index < -0.39 is 5.92 Å². The van der Waals surface area contributed by atoms with Crippen LogP contribution in [0.25, 0.3) is 11.3 Å². The van der Waals surface area contributed by atoms with Crippen LogP contribution in [-0.2, 0) is 0 Å². The van der Waals surface area contributed by atoms with Gasteiger partial charge in [0.05, 0.1) is 35.5 Å². The summed E-state index contributed by atoms with van der Waals surface area (Å²) in [5.41, 5.74) is 10.7. The second-order valence-electron chi connectivity index (χ2n) is 8.87. The molecule has 6 rings (SSSR count). The molecule has 0 spiro atoms. The highest BCUT2D eigenvalue weighted by molar-refractivity contribution is 6.03. The molecule has 3 heterocycles. The lowest BCUT2D eigenvalue weighted by Gasteiger charge is -2.26. The first-order chi connectivity index (χ1) is 19.0. The number of para-hydroxylation sites is 1. The zero-order chi connectivity index (χ0) is 26.9. The van der Waals surface area contributed by atoms with Crippen molar-refractivity contribution < 1.29 is 18.7 Å². The van der Waals surface area contributed by atoms with Gasteiger partial charge in [0, 0.05) is 5.56 Å². The number of benzene rings is 3. The molecule has 1 unspecified atom stereocenters. The van der Waals surface area contributed by atoms with Crippen LogP contribution in [0.15, 0.2) is 95.2 Å². The van der Waals surface area contributed by atoms with E-state index in [1.54, 1.807) is 36.1 Å². The molecule has 0 radical (unpaired) electrons. The van der Waals surface area contributed by atoms with E-state index in [9.17, 15) is 4.79 Å². The van der Waals surface area contributed by atoms with Crippen LogP contribution >= 0.6 is 0 Å². The molecule has 2 aromatic heterocycles. The predicted molar refractivity (Wildman–Crippen MR) is 144 cm³/mol. The van der Waals surface area contributed by atoms with Crippen LogP contribution in [0.3, 0.4) is 0 Å². The van der Waals surface area contributed by atoms with Crippen molar-refractivity contribution in [3.05, 3.63) is 119 Å². The summed E-state index contributed by atoms with van der Waals surface area (Å²) in [5.74, 6) is 0.596. The molecule has 1 amide bonds. The maximum absolute atomic E-state index is 12.6. The van der Waals surface area contributed by atoms with E-state index in [1.807, 2.05) is 67.6 Å². The number of rotatable bonds is 6. The summed E-state index contributed by atoms with van der Waals surface area (Å²) in [6.07, 6.45) is 0. The van der Waals surface area contributed by atoms with E-state index in [0.717, 1.165) is 22.5 Å². The van der Waals surface area contributed by atoms with Crippen molar-refractivity contribution in [1.29, 1.82) is 0 Å².